The molecule has 0 aromatic heterocycles. The van der Waals surface area contributed by atoms with Gasteiger partial charge in [-0.25, -0.2) is 4.79 Å². The Morgan fingerprint density at radius 1 is 0.966 bits per heavy atom. The Morgan fingerprint density at radius 2 is 1.69 bits per heavy atom. The molecule has 0 atom stereocenters. The molecular weight excluding hydrogens is 363 g/mol. The van der Waals surface area contributed by atoms with E-state index in [2.05, 4.69) is 10.6 Å². The number of ether oxygens (including phenoxy) is 1. The molecule has 1 aliphatic heterocycles. The summed E-state index contributed by atoms with van der Waals surface area (Å²) in [6, 6.07) is 22.7. The molecule has 0 spiro atoms. The quantitative estimate of drug-likeness (QED) is 0.414. The average molecular weight is 382 g/mol. The number of rotatable bonds is 4. The summed E-state index contributed by atoms with van der Waals surface area (Å²) in [5.41, 5.74) is 5.85. The molecule has 142 valence electrons. The largest absolute Gasteiger partial charge is 0.465 e. The number of amides is 1. The third-order valence-electron chi connectivity index (χ3n) is 4.90. The molecule has 3 aromatic rings. The number of methoxy groups -OCH3 is 1. The Morgan fingerprint density at radius 3 is 2.41 bits per heavy atom. The molecular formula is C23H19BN2O3. The van der Waals surface area contributed by atoms with Crippen LogP contribution in [0.5, 0.6) is 0 Å². The third-order valence-corrected chi connectivity index (χ3v) is 4.90. The van der Waals surface area contributed by atoms with Crippen molar-refractivity contribution in [3.05, 3.63) is 89.5 Å². The number of benzene rings is 3. The van der Waals surface area contributed by atoms with Gasteiger partial charge in [-0.05, 0) is 23.8 Å². The van der Waals surface area contributed by atoms with Crippen LogP contribution >= 0.6 is 0 Å². The van der Waals surface area contributed by atoms with Gasteiger partial charge in [0.2, 0.25) is 0 Å². The molecule has 0 aliphatic carbocycles. The van der Waals surface area contributed by atoms with Gasteiger partial charge in [0, 0.05) is 11.3 Å². The zero-order chi connectivity index (χ0) is 20.4. The monoisotopic (exact) mass is 382 g/mol. The van der Waals surface area contributed by atoms with Gasteiger partial charge in [-0.2, -0.15) is 0 Å². The van der Waals surface area contributed by atoms with E-state index in [0.29, 0.717) is 22.5 Å². The van der Waals surface area contributed by atoms with E-state index in [1.165, 1.54) is 7.11 Å². The highest BCUT2D eigenvalue weighted by Crippen LogP contribution is 2.37. The van der Waals surface area contributed by atoms with Crippen LogP contribution in [0.25, 0.3) is 11.3 Å². The van der Waals surface area contributed by atoms with Gasteiger partial charge in [-0.1, -0.05) is 60.1 Å². The number of esters is 1. The number of para-hydroxylation sites is 1. The first-order valence-corrected chi connectivity index (χ1v) is 9.25. The van der Waals surface area contributed by atoms with Gasteiger partial charge in [0.15, 0.2) is 0 Å². The van der Waals surface area contributed by atoms with E-state index in [-0.39, 0.29) is 5.91 Å². The van der Waals surface area contributed by atoms with E-state index in [9.17, 15) is 9.59 Å². The third kappa shape index (κ3) is 3.52. The minimum atomic E-state index is -0.444. The van der Waals surface area contributed by atoms with Crippen molar-refractivity contribution in [1.82, 2.24) is 0 Å². The lowest BCUT2D eigenvalue weighted by Crippen LogP contribution is -2.14. The van der Waals surface area contributed by atoms with Crippen molar-refractivity contribution >= 4 is 47.8 Å². The summed E-state index contributed by atoms with van der Waals surface area (Å²) in [5.74, 6) is -0.664. The number of carbonyl (C=O) groups excluding carboxylic acids is 2. The summed E-state index contributed by atoms with van der Waals surface area (Å²) in [6.45, 7) is 0. The van der Waals surface area contributed by atoms with Crippen molar-refractivity contribution < 1.29 is 14.3 Å². The lowest BCUT2D eigenvalue weighted by atomic mass is 9.93. The summed E-state index contributed by atoms with van der Waals surface area (Å²) < 4.78 is 4.78. The molecule has 29 heavy (non-hydrogen) atoms. The van der Waals surface area contributed by atoms with Crippen LogP contribution in [-0.2, 0) is 9.53 Å². The van der Waals surface area contributed by atoms with Crippen molar-refractivity contribution in [2.75, 3.05) is 17.7 Å². The van der Waals surface area contributed by atoms with E-state index in [1.54, 1.807) is 18.2 Å². The van der Waals surface area contributed by atoms with Crippen LogP contribution in [0.15, 0.2) is 72.8 Å². The molecule has 0 unspecified atom stereocenters. The minimum absolute atomic E-state index is 0.220. The standard InChI is InChI=1S/C23H19BN2O3/c1-29-23(28)15-11-12-16-19(13-15)26-22(27)20(16)21(14-7-3-2-4-8-14)25-18-10-6-5-9-17(18)24/h2-13,25H,24H2,1H3,(H,26,27)/b21-20-. The fourth-order valence-electron chi connectivity index (χ4n) is 3.40. The first kappa shape index (κ1) is 18.6. The Kier molecular flexibility index (Phi) is 4.91. The molecule has 0 bridgehead atoms. The average Bonchev–Trinajstić information content (AvgIpc) is 3.08. The van der Waals surface area contributed by atoms with Crippen LogP contribution in [0.1, 0.15) is 21.5 Å². The maximum absolute atomic E-state index is 12.9. The molecule has 2 N–H and O–H groups in total. The molecule has 1 heterocycles. The van der Waals surface area contributed by atoms with Crippen LogP contribution in [0.2, 0.25) is 0 Å². The van der Waals surface area contributed by atoms with E-state index in [4.69, 9.17) is 4.74 Å². The first-order chi connectivity index (χ1) is 14.1. The second-order valence-corrected chi connectivity index (χ2v) is 6.76. The summed E-state index contributed by atoms with van der Waals surface area (Å²) in [4.78, 5) is 24.8. The fraction of sp³-hybridized carbons (Fsp3) is 0.0435. The molecule has 6 heteroatoms. The molecule has 0 saturated heterocycles. The smallest absolute Gasteiger partial charge is 0.337 e. The van der Waals surface area contributed by atoms with Crippen LogP contribution in [0.4, 0.5) is 11.4 Å². The zero-order valence-corrected chi connectivity index (χ0v) is 16.2. The second-order valence-electron chi connectivity index (χ2n) is 6.76. The predicted octanol–water partition coefficient (Wildman–Crippen LogP) is 2.66. The van der Waals surface area contributed by atoms with Crippen molar-refractivity contribution in [3.8, 4) is 0 Å². The van der Waals surface area contributed by atoms with Gasteiger partial charge >= 0.3 is 5.97 Å². The number of nitrogens with one attached hydrogen (secondary N) is 2. The summed E-state index contributed by atoms with van der Waals surface area (Å²) in [6.07, 6.45) is 0. The van der Waals surface area contributed by atoms with Crippen LogP contribution in [0.3, 0.4) is 0 Å². The maximum atomic E-state index is 12.9. The van der Waals surface area contributed by atoms with Gasteiger partial charge < -0.3 is 15.4 Å². The predicted molar refractivity (Wildman–Crippen MR) is 118 cm³/mol. The highest BCUT2D eigenvalue weighted by atomic mass is 16.5. The highest BCUT2D eigenvalue weighted by Gasteiger charge is 2.29. The molecule has 0 radical (unpaired) electrons. The van der Waals surface area contributed by atoms with E-state index >= 15 is 0 Å². The summed E-state index contributed by atoms with van der Waals surface area (Å²) in [7, 11) is 3.35. The lowest BCUT2D eigenvalue weighted by Gasteiger charge is -2.16. The Bertz CT molecular complexity index is 1140. The number of hydrogen-bond donors (Lipinski definition) is 2. The van der Waals surface area contributed by atoms with Crippen molar-refractivity contribution in [1.29, 1.82) is 0 Å². The number of anilines is 2. The number of hydrogen-bond acceptors (Lipinski definition) is 4. The maximum Gasteiger partial charge on any atom is 0.337 e. The highest BCUT2D eigenvalue weighted by molar-refractivity contribution is 6.39. The second kappa shape index (κ2) is 7.68. The number of fused-ring (bicyclic) bond motifs is 1. The van der Waals surface area contributed by atoms with Gasteiger partial charge in [0.25, 0.3) is 5.91 Å². The molecule has 0 saturated carbocycles. The SMILES string of the molecule is Bc1ccccc1N/C(=C1\C(=O)Nc2cc(C(=O)OC)ccc21)c1ccccc1. The van der Waals surface area contributed by atoms with Crippen molar-refractivity contribution in [2.24, 2.45) is 0 Å². The molecule has 0 fully saturated rings. The molecule has 5 nitrogen and oxygen atoms in total. The van der Waals surface area contributed by atoms with Gasteiger partial charge in [0.05, 0.1) is 29.6 Å². The van der Waals surface area contributed by atoms with E-state index in [1.807, 2.05) is 62.4 Å². The minimum Gasteiger partial charge on any atom is -0.465 e. The van der Waals surface area contributed by atoms with Crippen LogP contribution in [0, 0.1) is 0 Å². The van der Waals surface area contributed by atoms with Gasteiger partial charge in [0.1, 0.15) is 7.85 Å². The van der Waals surface area contributed by atoms with Crippen molar-refractivity contribution in [2.45, 2.75) is 0 Å². The normalized spacial score (nSPS) is 14.0. The summed E-state index contributed by atoms with van der Waals surface area (Å²) >= 11 is 0. The van der Waals surface area contributed by atoms with E-state index < -0.39 is 5.97 Å². The lowest BCUT2D eigenvalue weighted by molar-refractivity contribution is -0.110. The molecule has 1 aliphatic rings. The first-order valence-electron chi connectivity index (χ1n) is 9.25. The number of carbonyl (C=O) groups is 2. The Balaban J connectivity index is 1.89. The molecule has 1 amide bonds. The van der Waals surface area contributed by atoms with Crippen LogP contribution < -0.4 is 16.1 Å². The topological polar surface area (TPSA) is 67.4 Å². The van der Waals surface area contributed by atoms with Crippen molar-refractivity contribution in [3.63, 3.8) is 0 Å². The molecule has 4 rings (SSSR count). The molecule has 3 aromatic carbocycles. The van der Waals surface area contributed by atoms with Gasteiger partial charge in [-0.15, -0.1) is 0 Å². The fourth-order valence-corrected chi connectivity index (χ4v) is 3.40. The Labute approximate surface area is 169 Å². The van der Waals surface area contributed by atoms with E-state index in [0.717, 1.165) is 22.3 Å². The Hall–Kier alpha value is -3.80. The zero-order valence-electron chi connectivity index (χ0n) is 16.2. The summed E-state index contributed by atoms with van der Waals surface area (Å²) in [5, 5.41) is 6.33. The van der Waals surface area contributed by atoms with Crippen LogP contribution in [-0.4, -0.2) is 26.8 Å². The van der Waals surface area contributed by atoms with Gasteiger partial charge in [-0.3, -0.25) is 4.79 Å².